The molecule has 9 nitrogen and oxygen atoms in total. The molecule has 5 aromatic rings. The van der Waals surface area contributed by atoms with E-state index in [0.29, 0.717) is 52.6 Å². The van der Waals surface area contributed by atoms with E-state index in [4.69, 9.17) is 25.2 Å². The molecule has 0 spiro atoms. The summed E-state index contributed by atoms with van der Waals surface area (Å²) < 4.78 is 59.9. The van der Waals surface area contributed by atoms with Gasteiger partial charge in [-0.3, -0.25) is 4.90 Å². The number of alkyl halides is 1. The first-order valence-corrected chi connectivity index (χ1v) is 17.2. The normalized spacial score (nSPS) is 22.5. The van der Waals surface area contributed by atoms with Crippen LogP contribution in [0.4, 0.5) is 24.7 Å². The van der Waals surface area contributed by atoms with Crippen molar-refractivity contribution in [2.24, 2.45) is 0 Å². The predicted molar refractivity (Wildman–Crippen MR) is 186 cm³/mol. The molecule has 2 fully saturated rings. The molecule has 0 unspecified atom stereocenters. The molecular formula is C38H39F3N6O3. The van der Waals surface area contributed by atoms with Crippen molar-refractivity contribution in [3.8, 4) is 28.8 Å². The highest BCUT2D eigenvalue weighted by Gasteiger charge is 2.49. The fraction of sp³-hybridized carbons (Fsp3) is 0.395. The molecule has 0 aliphatic carbocycles. The lowest BCUT2D eigenvalue weighted by molar-refractivity contribution is 0.111. The van der Waals surface area contributed by atoms with Gasteiger partial charge in [0.05, 0.1) is 28.7 Å². The third kappa shape index (κ3) is 5.14. The van der Waals surface area contributed by atoms with Gasteiger partial charge in [0, 0.05) is 36.4 Å². The molecule has 0 radical (unpaired) electrons. The second-order valence-corrected chi connectivity index (χ2v) is 13.8. The average molecular weight is 685 g/mol. The summed E-state index contributed by atoms with van der Waals surface area (Å²) in [5.74, 6) is -0.639. The number of nitrogen functional groups attached to an aromatic ring is 1. The first-order chi connectivity index (χ1) is 24.1. The van der Waals surface area contributed by atoms with Crippen LogP contribution in [0.5, 0.6) is 17.5 Å². The molecule has 0 bridgehead atoms. The predicted octanol–water partition coefficient (Wildman–Crippen LogP) is 7.28. The van der Waals surface area contributed by atoms with Crippen molar-refractivity contribution in [1.29, 1.82) is 0 Å². The smallest absolute Gasteiger partial charge is 0.225 e. The van der Waals surface area contributed by atoms with Crippen LogP contribution in [-0.2, 0) is 6.42 Å². The van der Waals surface area contributed by atoms with E-state index in [2.05, 4.69) is 14.8 Å². The average Bonchev–Trinajstić information content (AvgIpc) is 3.58. The Morgan fingerprint density at radius 1 is 1.16 bits per heavy atom. The van der Waals surface area contributed by atoms with Gasteiger partial charge in [-0.05, 0) is 80.3 Å². The quantitative estimate of drug-likeness (QED) is 0.183. The first kappa shape index (κ1) is 32.4. The minimum atomic E-state index is -0.934. The van der Waals surface area contributed by atoms with Gasteiger partial charge >= 0.3 is 0 Å². The molecule has 0 saturated carbocycles. The third-order valence-corrected chi connectivity index (χ3v) is 10.8. The van der Waals surface area contributed by atoms with Crippen molar-refractivity contribution < 1.29 is 27.8 Å². The largest absolute Gasteiger partial charge is 0.508 e. The number of rotatable bonds is 7. The number of hydrogen-bond donors (Lipinski definition) is 2. The number of fused-ring (bicyclic) bond motifs is 2. The summed E-state index contributed by atoms with van der Waals surface area (Å²) in [6, 6.07) is 10.7. The first-order valence-electron chi connectivity index (χ1n) is 17.2. The zero-order valence-corrected chi connectivity index (χ0v) is 28.2. The van der Waals surface area contributed by atoms with E-state index >= 15 is 8.78 Å². The summed E-state index contributed by atoms with van der Waals surface area (Å²) >= 11 is 0. The van der Waals surface area contributed by atoms with Gasteiger partial charge in [0.2, 0.25) is 11.8 Å². The molecule has 260 valence electrons. The number of aromatic nitrogens is 3. The zero-order valence-electron chi connectivity index (χ0n) is 28.2. The van der Waals surface area contributed by atoms with Crippen molar-refractivity contribution in [2.75, 3.05) is 36.9 Å². The number of hydrogen-bond acceptors (Lipinski definition) is 9. The maximum Gasteiger partial charge on any atom is 0.225 e. The number of benzene rings is 2. The van der Waals surface area contributed by atoms with Crippen LogP contribution in [0, 0.1) is 11.6 Å². The molecule has 2 aromatic carbocycles. The van der Waals surface area contributed by atoms with Crippen LogP contribution < -0.4 is 20.1 Å². The fourth-order valence-corrected chi connectivity index (χ4v) is 8.49. The monoisotopic (exact) mass is 684 g/mol. The standard InChI is InChI=1S/C38H39F3N6O3/c1-4-25-28(40)9-8-22-13-24(48)14-27(31(22)25)34-33(41)35-32-29(15-30(44-35)50-19-38-10-6-12-46(38)17-23(39)16-38)47(20(2)18-49-37(32)45-34)21(3)26-7-5-11-43-36(26)42/h5,7-9,11,13-15,20-21,23,48H,4,6,10,12,16-19H2,1-3H3,(H2,42,43)/t20-,21+,23+,38-/m0/s1. The van der Waals surface area contributed by atoms with Crippen LogP contribution in [-0.4, -0.2) is 69.0 Å². The van der Waals surface area contributed by atoms with Crippen LogP contribution >= 0.6 is 0 Å². The Balaban J connectivity index is 1.36. The maximum absolute atomic E-state index is 17.3. The Bertz CT molecular complexity index is 2150. The number of anilines is 2. The van der Waals surface area contributed by atoms with Crippen molar-refractivity contribution in [2.45, 2.75) is 70.2 Å². The third-order valence-electron chi connectivity index (χ3n) is 10.8. The maximum atomic E-state index is 17.3. The summed E-state index contributed by atoms with van der Waals surface area (Å²) in [6.07, 6.45) is 3.15. The Kier molecular flexibility index (Phi) is 7.89. The summed E-state index contributed by atoms with van der Waals surface area (Å²) in [7, 11) is 0. The van der Waals surface area contributed by atoms with Gasteiger partial charge in [-0.2, -0.15) is 0 Å². The lowest BCUT2D eigenvalue weighted by Gasteiger charge is -2.36. The number of aryl methyl sites for hydroxylation is 1. The van der Waals surface area contributed by atoms with Gasteiger partial charge in [0.25, 0.3) is 0 Å². The fourth-order valence-electron chi connectivity index (χ4n) is 8.49. The van der Waals surface area contributed by atoms with Crippen LogP contribution in [0.3, 0.4) is 0 Å². The number of aromatic hydroxyl groups is 1. The summed E-state index contributed by atoms with van der Waals surface area (Å²) in [5.41, 5.74) is 7.67. The van der Waals surface area contributed by atoms with Crippen molar-refractivity contribution >= 4 is 33.2 Å². The van der Waals surface area contributed by atoms with E-state index in [1.165, 1.54) is 18.2 Å². The van der Waals surface area contributed by atoms with Crippen molar-refractivity contribution in [1.82, 2.24) is 19.9 Å². The molecule has 4 atom stereocenters. The number of nitrogens with zero attached hydrogens (tertiary/aromatic N) is 5. The number of pyridine rings is 3. The second-order valence-electron chi connectivity index (χ2n) is 13.8. The van der Waals surface area contributed by atoms with E-state index in [1.54, 1.807) is 18.3 Å². The van der Waals surface area contributed by atoms with Crippen molar-refractivity contribution in [3.63, 3.8) is 0 Å². The minimum absolute atomic E-state index is 0.0514. The van der Waals surface area contributed by atoms with Crippen molar-refractivity contribution in [3.05, 3.63) is 71.4 Å². The molecule has 3 aliphatic rings. The molecule has 50 heavy (non-hydrogen) atoms. The molecule has 2 saturated heterocycles. The highest BCUT2D eigenvalue weighted by atomic mass is 19.1. The highest BCUT2D eigenvalue weighted by molar-refractivity contribution is 6.04. The Morgan fingerprint density at radius 2 is 2.00 bits per heavy atom. The molecule has 12 heteroatoms. The Morgan fingerprint density at radius 3 is 2.80 bits per heavy atom. The van der Waals surface area contributed by atoms with Gasteiger partial charge in [-0.1, -0.05) is 19.1 Å². The number of ether oxygens (including phenoxy) is 2. The van der Waals surface area contributed by atoms with Gasteiger partial charge in [0.1, 0.15) is 48.0 Å². The molecule has 0 amide bonds. The topological polar surface area (TPSA) is 110 Å². The molecular weight excluding hydrogens is 645 g/mol. The molecule has 3 N–H and O–H groups in total. The van der Waals surface area contributed by atoms with Crippen LogP contribution in [0.15, 0.2) is 48.7 Å². The molecule has 6 heterocycles. The van der Waals surface area contributed by atoms with Crippen LogP contribution in [0.2, 0.25) is 0 Å². The van der Waals surface area contributed by atoms with Gasteiger partial charge in [-0.15, -0.1) is 0 Å². The van der Waals surface area contributed by atoms with E-state index in [9.17, 15) is 9.50 Å². The Labute approximate surface area is 287 Å². The van der Waals surface area contributed by atoms with Gasteiger partial charge in [0.15, 0.2) is 5.82 Å². The van der Waals surface area contributed by atoms with E-state index < -0.39 is 23.3 Å². The van der Waals surface area contributed by atoms with E-state index in [0.717, 1.165) is 24.9 Å². The van der Waals surface area contributed by atoms with E-state index in [-0.39, 0.29) is 59.6 Å². The number of phenols is 1. The molecule has 3 aliphatic heterocycles. The molecule has 3 aromatic heterocycles. The highest BCUT2D eigenvalue weighted by Crippen LogP contribution is 2.47. The molecule has 8 rings (SSSR count). The Hall–Kier alpha value is -4.84. The number of phenolic OH excluding ortho intramolecular Hbond substituents is 1. The summed E-state index contributed by atoms with van der Waals surface area (Å²) in [4.78, 5) is 18.0. The number of nitrogens with two attached hydrogens (primary N) is 1. The minimum Gasteiger partial charge on any atom is -0.508 e. The van der Waals surface area contributed by atoms with E-state index in [1.807, 2.05) is 32.9 Å². The number of halogens is 3. The summed E-state index contributed by atoms with van der Waals surface area (Å²) in [5, 5.41) is 12.1. The zero-order chi connectivity index (χ0) is 34.9. The second kappa shape index (κ2) is 12.2. The van der Waals surface area contributed by atoms with Crippen LogP contribution in [0.1, 0.15) is 57.2 Å². The summed E-state index contributed by atoms with van der Waals surface area (Å²) in [6.45, 7) is 7.37. The lowest BCUT2D eigenvalue weighted by Crippen LogP contribution is -2.43. The SMILES string of the molecule is CCc1c(F)ccc2cc(O)cc(-c3nc4c5c(cc(OC[C@@]67CCCN6C[C@H](F)C7)nc5c3F)N([C@H](C)c3cccnc3N)[C@@H](C)CO4)c12. The lowest BCUT2D eigenvalue weighted by atomic mass is 9.94. The van der Waals surface area contributed by atoms with Gasteiger partial charge in [-0.25, -0.2) is 28.1 Å². The van der Waals surface area contributed by atoms with Gasteiger partial charge < -0.3 is 25.2 Å². The van der Waals surface area contributed by atoms with Crippen LogP contribution in [0.25, 0.3) is 32.9 Å².